The topological polar surface area (TPSA) is 63.6 Å². The van der Waals surface area contributed by atoms with Gasteiger partial charge < -0.3 is 9.84 Å². The van der Waals surface area contributed by atoms with Crippen LogP contribution in [0.25, 0.3) is 0 Å². The van der Waals surface area contributed by atoms with E-state index < -0.39 is 16.8 Å². The lowest BCUT2D eigenvalue weighted by atomic mass is 9.47. The van der Waals surface area contributed by atoms with Gasteiger partial charge in [-0.2, -0.15) is 0 Å². The standard InChI is InChI=1S/C23H34O4S/c1-15-7-8-20-22(2,3)9-6-10-23(20,4)19(15)14-28(26)18-12-16(21(24)25)11-17(13-18)27-5/h11-13,15,19-20H,6-10,14H2,1-5H3,(H,24,25). The van der Waals surface area contributed by atoms with Gasteiger partial charge in [-0.25, -0.2) is 4.79 Å². The van der Waals surface area contributed by atoms with Gasteiger partial charge in [0.2, 0.25) is 0 Å². The molecule has 156 valence electrons. The molecular weight excluding hydrogens is 372 g/mol. The SMILES string of the molecule is COc1cc(C(=O)O)cc(S(=O)CC2C(C)CCC3C(C)(C)CCCC23C)c1. The first-order valence-corrected chi connectivity index (χ1v) is 11.7. The molecule has 0 amide bonds. The minimum Gasteiger partial charge on any atom is -0.497 e. The molecule has 28 heavy (non-hydrogen) atoms. The summed E-state index contributed by atoms with van der Waals surface area (Å²) in [6, 6.07) is 4.74. The maximum atomic E-state index is 13.3. The van der Waals surface area contributed by atoms with Crippen molar-refractivity contribution in [2.45, 2.75) is 64.7 Å². The highest BCUT2D eigenvalue weighted by molar-refractivity contribution is 7.85. The Morgan fingerprint density at radius 1 is 1.21 bits per heavy atom. The van der Waals surface area contributed by atoms with Crippen molar-refractivity contribution in [3.05, 3.63) is 23.8 Å². The zero-order valence-electron chi connectivity index (χ0n) is 17.8. The molecule has 5 heteroatoms. The number of fused-ring (bicyclic) bond motifs is 1. The highest BCUT2D eigenvalue weighted by atomic mass is 32.2. The number of hydrogen-bond donors (Lipinski definition) is 1. The lowest BCUT2D eigenvalue weighted by molar-refractivity contribution is -0.0853. The van der Waals surface area contributed by atoms with Crippen LogP contribution in [0, 0.1) is 28.6 Å². The fraction of sp³-hybridized carbons (Fsp3) is 0.696. The quantitative estimate of drug-likeness (QED) is 0.713. The summed E-state index contributed by atoms with van der Waals surface area (Å²) >= 11 is 0. The summed E-state index contributed by atoms with van der Waals surface area (Å²) in [4.78, 5) is 12.0. The smallest absolute Gasteiger partial charge is 0.335 e. The summed E-state index contributed by atoms with van der Waals surface area (Å²) in [7, 11) is 0.257. The number of rotatable bonds is 5. The summed E-state index contributed by atoms with van der Waals surface area (Å²) in [6.07, 6.45) is 6.15. The Bertz CT molecular complexity index is 772. The molecule has 1 aromatic carbocycles. The molecule has 0 heterocycles. The number of methoxy groups -OCH3 is 1. The van der Waals surface area contributed by atoms with E-state index in [9.17, 15) is 14.1 Å². The van der Waals surface area contributed by atoms with Gasteiger partial charge in [-0.3, -0.25) is 4.21 Å². The predicted molar refractivity (Wildman–Crippen MR) is 112 cm³/mol. The van der Waals surface area contributed by atoms with Crippen LogP contribution in [-0.4, -0.2) is 28.1 Å². The van der Waals surface area contributed by atoms with E-state index in [2.05, 4.69) is 27.7 Å². The highest BCUT2D eigenvalue weighted by Crippen LogP contribution is 2.61. The predicted octanol–water partition coefficient (Wildman–Crippen LogP) is 5.38. The Morgan fingerprint density at radius 2 is 1.93 bits per heavy atom. The summed E-state index contributed by atoms with van der Waals surface area (Å²) in [5.41, 5.74) is 0.658. The molecule has 1 N–H and O–H groups in total. The minimum atomic E-state index is -1.25. The molecule has 0 saturated heterocycles. The molecule has 0 aromatic heterocycles. The number of carboxylic acid groups (broad SMARTS) is 1. The van der Waals surface area contributed by atoms with E-state index in [0.717, 1.165) is 0 Å². The van der Waals surface area contributed by atoms with E-state index in [1.165, 1.54) is 45.3 Å². The fourth-order valence-corrected chi connectivity index (χ4v) is 7.90. The summed E-state index contributed by atoms with van der Waals surface area (Å²) < 4.78 is 18.6. The zero-order chi connectivity index (χ0) is 20.7. The third-order valence-electron chi connectivity index (χ3n) is 7.68. The third kappa shape index (κ3) is 3.87. The number of hydrogen-bond acceptors (Lipinski definition) is 3. The number of carboxylic acids is 1. The average molecular weight is 407 g/mol. The fourth-order valence-electron chi connectivity index (χ4n) is 6.17. The van der Waals surface area contributed by atoms with Gasteiger partial charge in [0.15, 0.2) is 0 Å². The molecule has 2 saturated carbocycles. The largest absolute Gasteiger partial charge is 0.497 e. The number of benzene rings is 1. The third-order valence-corrected chi connectivity index (χ3v) is 9.10. The van der Waals surface area contributed by atoms with E-state index in [4.69, 9.17) is 4.74 Å². The van der Waals surface area contributed by atoms with E-state index in [0.29, 0.717) is 39.6 Å². The van der Waals surface area contributed by atoms with Crippen LogP contribution in [0.5, 0.6) is 5.75 Å². The van der Waals surface area contributed by atoms with Crippen LogP contribution in [0.1, 0.15) is 70.2 Å². The normalized spacial score (nSPS) is 33.0. The van der Waals surface area contributed by atoms with E-state index in [1.54, 1.807) is 12.1 Å². The van der Waals surface area contributed by atoms with Crippen LogP contribution in [0.3, 0.4) is 0 Å². The Labute approximate surface area is 171 Å². The molecular formula is C23H34O4S. The Hall–Kier alpha value is -1.36. The Kier molecular flexibility index (Phi) is 5.96. The maximum absolute atomic E-state index is 13.3. The Morgan fingerprint density at radius 3 is 2.57 bits per heavy atom. The monoisotopic (exact) mass is 406 g/mol. The summed E-state index contributed by atoms with van der Waals surface area (Å²) in [6.45, 7) is 9.53. The van der Waals surface area contributed by atoms with Crippen LogP contribution < -0.4 is 4.74 Å². The molecule has 3 rings (SSSR count). The molecule has 0 spiro atoms. The summed E-state index contributed by atoms with van der Waals surface area (Å²) in [5, 5.41) is 9.37. The Balaban J connectivity index is 1.90. The van der Waals surface area contributed by atoms with Crippen LogP contribution in [-0.2, 0) is 10.8 Å². The lowest BCUT2D eigenvalue weighted by Crippen LogP contribution is -2.52. The molecule has 2 fully saturated rings. The van der Waals surface area contributed by atoms with Gasteiger partial charge in [-0.1, -0.05) is 40.5 Å². The van der Waals surface area contributed by atoms with Crippen LogP contribution in [0.15, 0.2) is 23.1 Å². The first-order chi connectivity index (χ1) is 13.1. The van der Waals surface area contributed by atoms with Crippen LogP contribution in [0.2, 0.25) is 0 Å². The molecule has 4 nitrogen and oxygen atoms in total. The molecule has 2 aliphatic carbocycles. The number of carbonyl (C=O) groups is 1. The first-order valence-electron chi connectivity index (χ1n) is 10.4. The average Bonchev–Trinajstić information content (AvgIpc) is 2.63. The van der Waals surface area contributed by atoms with Crippen molar-refractivity contribution in [1.82, 2.24) is 0 Å². The van der Waals surface area contributed by atoms with Gasteiger partial charge in [0, 0.05) is 10.6 Å². The number of aromatic carboxylic acids is 1. The van der Waals surface area contributed by atoms with E-state index in [-0.39, 0.29) is 11.0 Å². The van der Waals surface area contributed by atoms with Crippen molar-refractivity contribution in [3.63, 3.8) is 0 Å². The lowest BCUT2D eigenvalue weighted by Gasteiger charge is -2.59. The van der Waals surface area contributed by atoms with Crippen LogP contribution in [0.4, 0.5) is 0 Å². The highest BCUT2D eigenvalue weighted by Gasteiger charge is 2.53. The van der Waals surface area contributed by atoms with Gasteiger partial charge in [-0.05, 0) is 66.0 Å². The van der Waals surface area contributed by atoms with Gasteiger partial charge in [0.05, 0.1) is 23.5 Å². The van der Waals surface area contributed by atoms with Crippen molar-refractivity contribution in [2.75, 3.05) is 12.9 Å². The van der Waals surface area contributed by atoms with Gasteiger partial charge >= 0.3 is 5.97 Å². The second kappa shape index (κ2) is 7.81. The van der Waals surface area contributed by atoms with Crippen molar-refractivity contribution in [3.8, 4) is 5.75 Å². The van der Waals surface area contributed by atoms with E-state index in [1.807, 2.05) is 0 Å². The van der Waals surface area contributed by atoms with Crippen molar-refractivity contribution < 1.29 is 18.8 Å². The van der Waals surface area contributed by atoms with Crippen molar-refractivity contribution in [2.24, 2.45) is 28.6 Å². The molecule has 0 aliphatic heterocycles. The molecule has 5 atom stereocenters. The van der Waals surface area contributed by atoms with Crippen molar-refractivity contribution in [1.29, 1.82) is 0 Å². The van der Waals surface area contributed by atoms with Gasteiger partial charge in [0.25, 0.3) is 0 Å². The minimum absolute atomic E-state index is 0.127. The first kappa shape index (κ1) is 21.4. The van der Waals surface area contributed by atoms with Gasteiger partial charge in [-0.15, -0.1) is 0 Å². The van der Waals surface area contributed by atoms with Crippen LogP contribution >= 0.6 is 0 Å². The second-order valence-corrected chi connectivity index (χ2v) is 11.3. The molecule has 0 radical (unpaired) electrons. The van der Waals surface area contributed by atoms with Crippen molar-refractivity contribution >= 4 is 16.8 Å². The molecule has 5 unspecified atom stereocenters. The second-order valence-electron chi connectivity index (χ2n) is 9.78. The zero-order valence-corrected chi connectivity index (χ0v) is 18.6. The molecule has 2 aliphatic rings. The number of ether oxygens (including phenoxy) is 1. The van der Waals surface area contributed by atoms with Gasteiger partial charge in [0.1, 0.15) is 5.75 Å². The van der Waals surface area contributed by atoms with E-state index >= 15 is 0 Å². The molecule has 0 bridgehead atoms. The molecule has 1 aromatic rings. The maximum Gasteiger partial charge on any atom is 0.335 e. The summed E-state index contributed by atoms with van der Waals surface area (Å²) in [5.74, 6) is 1.59.